The monoisotopic (exact) mass is 305 g/mol. The fourth-order valence-electron chi connectivity index (χ4n) is 3.38. The van der Waals surface area contributed by atoms with Crippen molar-refractivity contribution in [2.75, 3.05) is 37.8 Å². The van der Waals surface area contributed by atoms with Gasteiger partial charge in [-0.15, -0.1) is 0 Å². The number of nitrogens with zero attached hydrogens (tertiary/aromatic N) is 4. The Hall–Kier alpha value is -1.47. The van der Waals surface area contributed by atoms with Crippen molar-refractivity contribution < 1.29 is 0 Å². The maximum Gasteiger partial charge on any atom is 0.227 e. The van der Waals surface area contributed by atoms with Crippen LogP contribution in [0.4, 0.5) is 11.9 Å². The summed E-state index contributed by atoms with van der Waals surface area (Å²) in [5.41, 5.74) is 0. The van der Waals surface area contributed by atoms with Gasteiger partial charge in [0.15, 0.2) is 0 Å². The van der Waals surface area contributed by atoms with E-state index >= 15 is 0 Å². The number of nitrogens with one attached hydrogen (secondary N) is 3. The summed E-state index contributed by atoms with van der Waals surface area (Å²) >= 11 is 0. The molecule has 1 atom stereocenters. The van der Waals surface area contributed by atoms with Crippen molar-refractivity contribution in [2.45, 2.75) is 50.2 Å². The smallest absolute Gasteiger partial charge is 0.227 e. The van der Waals surface area contributed by atoms with Gasteiger partial charge >= 0.3 is 0 Å². The first-order valence-corrected chi connectivity index (χ1v) is 8.31. The predicted molar refractivity (Wildman–Crippen MR) is 88.1 cm³/mol. The van der Waals surface area contributed by atoms with Gasteiger partial charge in [-0.05, 0) is 52.7 Å². The molecular formula is C15H27N7. The van der Waals surface area contributed by atoms with Gasteiger partial charge in [0.1, 0.15) is 6.33 Å². The Morgan fingerprint density at radius 3 is 2.18 bits per heavy atom. The van der Waals surface area contributed by atoms with E-state index in [1.165, 1.54) is 12.8 Å². The van der Waals surface area contributed by atoms with Crippen LogP contribution >= 0.6 is 0 Å². The van der Waals surface area contributed by atoms with Crippen LogP contribution in [0.5, 0.6) is 0 Å². The van der Waals surface area contributed by atoms with E-state index in [4.69, 9.17) is 0 Å². The summed E-state index contributed by atoms with van der Waals surface area (Å²) in [6.45, 7) is 2.17. The van der Waals surface area contributed by atoms with Crippen LogP contribution in [0.2, 0.25) is 0 Å². The van der Waals surface area contributed by atoms with Crippen LogP contribution in [0.1, 0.15) is 32.1 Å². The molecule has 0 bridgehead atoms. The fraction of sp³-hybridized carbons (Fsp3) is 0.800. The molecule has 7 heteroatoms. The molecule has 0 unspecified atom stereocenters. The zero-order valence-corrected chi connectivity index (χ0v) is 13.5. The van der Waals surface area contributed by atoms with Gasteiger partial charge in [0.25, 0.3) is 0 Å². The third-order valence-corrected chi connectivity index (χ3v) is 4.77. The van der Waals surface area contributed by atoms with E-state index < -0.39 is 0 Å². The number of hydrogen-bond acceptors (Lipinski definition) is 7. The molecule has 1 aliphatic heterocycles. The molecule has 3 N–H and O–H groups in total. The lowest BCUT2D eigenvalue weighted by atomic mass is 9.91. The quantitative estimate of drug-likeness (QED) is 0.747. The minimum atomic E-state index is 0.436. The lowest BCUT2D eigenvalue weighted by molar-refractivity contribution is 0.370. The number of likely N-dealkylation sites (tertiary alicyclic amines) is 1. The summed E-state index contributed by atoms with van der Waals surface area (Å²) in [6.07, 6.45) is 7.47. The highest BCUT2D eigenvalue weighted by molar-refractivity contribution is 5.34. The Balaban J connectivity index is 1.53. The van der Waals surface area contributed by atoms with Gasteiger partial charge in [0.05, 0.1) is 0 Å². The Morgan fingerprint density at radius 2 is 1.59 bits per heavy atom. The number of hydrogen-bond donors (Lipinski definition) is 3. The fourth-order valence-corrected chi connectivity index (χ4v) is 3.38. The summed E-state index contributed by atoms with van der Waals surface area (Å²) in [6, 6.07) is 1.57. The average molecular weight is 305 g/mol. The van der Waals surface area contributed by atoms with Crippen molar-refractivity contribution in [1.29, 1.82) is 0 Å². The maximum atomic E-state index is 4.52. The number of anilines is 2. The third-order valence-electron chi connectivity index (χ3n) is 4.77. The SMILES string of the molecule is CN[C@H]1CC[C@H](Nc2ncnc(N[C@@H]3CCN(C)C3)n2)CC1. The number of rotatable bonds is 5. The lowest BCUT2D eigenvalue weighted by Crippen LogP contribution is -2.35. The van der Waals surface area contributed by atoms with E-state index in [2.05, 4.69) is 42.8 Å². The van der Waals surface area contributed by atoms with Crippen molar-refractivity contribution in [1.82, 2.24) is 25.2 Å². The molecule has 1 aromatic rings. The van der Waals surface area contributed by atoms with Gasteiger partial charge in [0.2, 0.25) is 11.9 Å². The van der Waals surface area contributed by atoms with Crippen LogP contribution in [-0.2, 0) is 0 Å². The molecule has 1 saturated heterocycles. The van der Waals surface area contributed by atoms with Crippen molar-refractivity contribution >= 4 is 11.9 Å². The van der Waals surface area contributed by atoms with Gasteiger partial charge in [-0.25, -0.2) is 9.97 Å². The van der Waals surface area contributed by atoms with Crippen LogP contribution in [-0.4, -0.2) is 65.2 Å². The second-order valence-electron chi connectivity index (χ2n) is 6.51. The van der Waals surface area contributed by atoms with Gasteiger partial charge in [-0.2, -0.15) is 4.98 Å². The first-order valence-electron chi connectivity index (χ1n) is 8.31. The summed E-state index contributed by atoms with van der Waals surface area (Å²) in [5, 5.41) is 10.2. The standard InChI is InChI=1S/C15H27N7/c1-16-11-3-5-12(6-4-11)19-14-17-10-18-15(21-14)20-13-7-8-22(2)9-13/h10-13,16H,3-9H2,1-2H3,(H2,17,18,19,20,21)/t11-,12-,13-/m1/s1. The van der Waals surface area contributed by atoms with Crippen molar-refractivity contribution in [2.24, 2.45) is 0 Å². The van der Waals surface area contributed by atoms with Gasteiger partial charge in [-0.1, -0.05) is 0 Å². The molecule has 0 aromatic carbocycles. The normalized spacial score (nSPS) is 29.5. The molecule has 0 amide bonds. The Labute approximate surface area is 132 Å². The number of aromatic nitrogens is 3. The van der Waals surface area contributed by atoms with E-state index in [1.54, 1.807) is 6.33 Å². The van der Waals surface area contributed by atoms with E-state index in [-0.39, 0.29) is 0 Å². The second kappa shape index (κ2) is 7.19. The average Bonchev–Trinajstić information content (AvgIpc) is 2.93. The lowest BCUT2D eigenvalue weighted by Gasteiger charge is -2.28. The summed E-state index contributed by atoms with van der Waals surface area (Å²) in [7, 11) is 4.19. The van der Waals surface area contributed by atoms with Gasteiger partial charge < -0.3 is 20.9 Å². The molecule has 0 spiro atoms. The zero-order valence-electron chi connectivity index (χ0n) is 13.5. The largest absolute Gasteiger partial charge is 0.351 e. The Bertz CT molecular complexity index is 473. The van der Waals surface area contributed by atoms with Crippen LogP contribution in [0.15, 0.2) is 6.33 Å². The van der Waals surface area contributed by atoms with Crippen LogP contribution in [0, 0.1) is 0 Å². The molecule has 0 radical (unpaired) electrons. The van der Waals surface area contributed by atoms with E-state index in [1.807, 2.05) is 7.05 Å². The third kappa shape index (κ3) is 4.04. The molecule has 3 rings (SSSR count). The zero-order chi connectivity index (χ0) is 15.4. The van der Waals surface area contributed by atoms with Gasteiger partial charge in [0, 0.05) is 24.7 Å². The molecule has 22 heavy (non-hydrogen) atoms. The molecule has 7 nitrogen and oxygen atoms in total. The summed E-state index contributed by atoms with van der Waals surface area (Å²) in [4.78, 5) is 15.3. The maximum absolute atomic E-state index is 4.52. The van der Waals surface area contributed by atoms with Crippen LogP contribution < -0.4 is 16.0 Å². The molecule has 1 saturated carbocycles. The predicted octanol–water partition coefficient (Wildman–Crippen LogP) is 0.930. The highest BCUT2D eigenvalue weighted by Gasteiger charge is 2.22. The Morgan fingerprint density at radius 1 is 0.955 bits per heavy atom. The first kappa shape index (κ1) is 15.4. The molecule has 2 heterocycles. The van der Waals surface area contributed by atoms with Gasteiger partial charge in [-0.3, -0.25) is 0 Å². The molecule has 2 fully saturated rings. The van der Waals surface area contributed by atoms with Crippen LogP contribution in [0.3, 0.4) is 0 Å². The van der Waals surface area contributed by atoms with E-state index in [0.717, 1.165) is 32.4 Å². The highest BCUT2D eigenvalue weighted by Crippen LogP contribution is 2.21. The molecule has 1 aliphatic carbocycles. The topological polar surface area (TPSA) is 78.0 Å². The van der Waals surface area contributed by atoms with E-state index in [9.17, 15) is 0 Å². The highest BCUT2D eigenvalue weighted by atomic mass is 15.2. The molecule has 2 aliphatic rings. The summed E-state index contributed by atoms with van der Waals surface area (Å²) < 4.78 is 0. The minimum absolute atomic E-state index is 0.436. The molecule has 1 aromatic heterocycles. The Kier molecular flexibility index (Phi) is 5.04. The van der Waals surface area contributed by atoms with E-state index in [0.29, 0.717) is 30.0 Å². The van der Waals surface area contributed by atoms with Crippen molar-refractivity contribution in [3.8, 4) is 0 Å². The van der Waals surface area contributed by atoms with Crippen LogP contribution in [0.25, 0.3) is 0 Å². The first-order chi connectivity index (χ1) is 10.7. The van der Waals surface area contributed by atoms with Crippen molar-refractivity contribution in [3.63, 3.8) is 0 Å². The molecular weight excluding hydrogens is 278 g/mol. The number of likely N-dealkylation sites (N-methyl/N-ethyl adjacent to an activating group) is 1. The summed E-state index contributed by atoms with van der Waals surface area (Å²) in [5.74, 6) is 1.37. The minimum Gasteiger partial charge on any atom is -0.351 e. The second-order valence-corrected chi connectivity index (χ2v) is 6.51. The molecule has 122 valence electrons. The van der Waals surface area contributed by atoms with Crippen molar-refractivity contribution in [3.05, 3.63) is 6.33 Å².